The van der Waals surface area contributed by atoms with Gasteiger partial charge in [0.05, 0.1) is 28.6 Å². The number of amides is 1. The highest BCUT2D eigenvalue weighted by molar-refractivity contribution is 7.92. The maximum absolute atomic E-state index is 12.7. The zero-order valence-corrected chi connectivity index (χ0v) is 19.2. The first-order valence-electron chi connectivity index (χ1n) is 10.4. The second kappa shape index (κ2) is 7.71. The zero-order chi connectivity index (χ0) is 22.5. The van der Waals surface area contributed by atoms with Gasteiger partial charge in [-0.25, -0.2) is 13.4 Å². The highest BCUT2D eigenvalue weighted by atomic mass is 32.2. The van der Waals surface area contributed by atoms with Crippen LogP contribution < -0.4 is 19.9 Å². The van der Waals surface area contributed by atoms with Gasteiger partial charge in [0.25, 0.3) is 0 Å². The molecular formula is C22H28N4O4S. The first kappa shape index (κ1) is 21.4. The lowest BCUT2D eigenvalue weighted by atomic mass is 10.1. The van der Waals surface area contributed by atoms with Crippen LogP contribution in [0.3, 0.4) is 0 Å². The summed E-state index contributed by atoms with van der Waals surface area (Å²) in [4.78, 5) is 21.3. The van der Waals surface area contributed by atoms with Crippen molar-refractivity contribution >= 4 is 38.8 Å². The molecule has 1 atom stereocenters. The molecule has 2 heterocycles. The number of nitrogens with zero attached hydrogens (tertiary/aromatic N) is 3. The van der Waals surface area contributed by atoms with Gasteiger partial charge in [-0.15, -0.1) is 0 Å². The number of methoxy groups -OCH3 is 1. The molecule has 9 heteroatoms. The van der Waals surface area contributed by atoms with Crippen molar-refractivity contribution in [2.75, 3.05) is 29.3 Å². The number of anilines is 4. The predicted octanol–water partition coefficient (Wildman–Crippen LogP) is 3.35. The van der Waals surface area contributed by atoms with Gasteiger partial charge < -0.3 is 19.9 Å². The highest BCUT2D eigenvalue weighted by Gasteiger charge is 2.38. The summed E-state index contributed by atoms with van der Waals surface area (Å²) in [6, 6.07) is 8.22. The van der Waals surface area contributed by atoms with E-state index in [1.807, 2.05) is 31.7 Å². The Labute approximate surface area is 183 Å². The van der Waals surface area contributed by atoms with Crippen molar-refractivity contribution in [2.24, 2.45) is 0 Å². The van der Waals surface area contributed by atoms with Crippen molar-refractivity contribution in [3.8, 4) is 5.75 Å². The molecule has 1 aromatic heterocycles. The molecule has 1 amide bonds. The second-order valence-electron chi connectivity index (χ2n) is 8.34. The van der Waals surface area contributed by atoms with Gasteiger partial charge in [0.1, 0.15) is 17.6 Å². The van der Waals surface area contributed by atoms with Crippen LogP contribution in [0.5, 0.6) is 5.75 Å². The van der Waals surface area contributed by atoms with Gasteiger partial charge in [0.15, 0.2) is 15.7 Å². The fraction of sp³-hybridized carbons (Fsp3) is 0.455. The minimum absolute atomic E-state index is 0.0170. The Bertz CT molecular complexity index is 1130. The van der Waals surface area contributed by atoms with Gasteiger partial charge in [-0.05, 0) is 63.9 Å². The van der Waals surface area contributed by atoms with Gasteiger partial charge >= 0.3 is 0 Å². The molecule has 1 aliphatic heterocycles. The molecule has 2 aromatic rings. The average Bonchev–Trinajstić information content (AvgIpc) is 3.58. The standard InChI is InChI=1S/C22H28N4O4S/c1-13(2)26-14(3)22(27)25(4)18-9-11-20(24-21(18)26)23-17-12-16(8-10-19(17)30-5)31(28,29)15-6-7-15/h8-15H,6-7H2,1-5H3,(H,23,24)/t14-/m1/s1. The van der Waals surface area contributed by atoms with Crippen LogP contribution in [0.1, 0.15) is 33.6 Å². The number of carbonyl (C=O) groups excluding carboxylic acids is 1. The fourth-order valence-corrected chi connectivity index (χ4v) is 5.71. The fourth-order valence-electron chi connectivity index (χ4n) is 4.03. The number of pyridine rings is 1. The molecule has 4 rings (SSSR count). The molecule has 1 saturated carbocycles. The Morgan fingerprint density at radius 3 is 2.52 bits per heavy atom. The van der Waals surface area contributed by atoms with E-state index in [1.165, 1.54) is 0 Å². The summed E-state index contributed by atoms with van der Waals surface area (Å²) >= 11 is 0. The second-order valence-corrected chi connectivity index (χ2v) is 10.6. The maximum atomic E-state index is 12.7. The summed E-state index contributed by atoms with van der Waals surface area (Å²) < 4.78 is 30.8. The summed E-state index contributed by atoms with van der Waals surface area (Å²) in [5.74, 6) is 1.79. The molecule has 2 aliphatic rings. The summed E-state index contributed by atoms with van der Waals surface area (Å²) in [6.07, 6.45) is 1.41. The number of likely N-dealkylation sites (N-methyl/N-ethyl adjacent to an activating group) is 1. The van der Waals surface area contributed by atoms with Crippen molar-refractivity contribution in [2.45, 2.75) is 55.8 Å². The first-order valence-corrected chi connectivity index (χ1v) is 12.0. The van der Waals surface area contributed by atoms with Crippen LogP contribution in [0.25, 0.3) is 0 Å². The average molecular weight is 445 g/mol. The number of ether oxygens (including phenoxy) is 1. The molecule has 8 nitrogen and oxygen atoms in total. The van der Waals surface area contributed by atoms with Gasteiger partial charge in [-0.3, -0.25) is 4.79 Å². The van der Waals surface area contributed by atoms with E-state index in [1.54, 1.807) is 43.3 Å². The molecule has 1 aliphatic carbocycles. The van der Waals surface area contributed by atoms with Crippen LogP contribution in [0.2, 0.25) is 0 Å². The Morgan fingerprint density at radius 2 is 1.90 bits per heavy atom. The summed E-state index contributed by atoms with van der Waals surface area (Å²) in [5.41, 5.74) is 1.26. The molecule has 0 spiro atoms. The maximum Gasteiger partial charge on any atom is 0.249 e. The zero-order valence-electron chi connectivity index (χ0n) is 18.4. The topological polar surface area (TPSA) is 91.8 Å². The first-order chi connectivity index (χ1) is 14.6. The normalized spacial score (nSPS) is 18.9. The van der Waals surface area contributed by atoms with Crippen LogP contribution >= 0.6 is 0 Å². The number of hydrogen-bond donors (Lipinski definition) is 1. The molecule has 166 valence electrons. The summed E-state index contributed by atoms with van der Waals surface area (Å²) in [7, 11) is -0.0393. The quantitative estimate of drug-likeness (QED) is 0.730. The van der Waals surface area contributed by atoms with Gasteiger partial charge in [-0.1, -0.05) is 0 Å². The van der Waals surface area contributed by atoms with Gasteiger partial charge in [0, 0.05) is 13.1 Å². The molecule has 1 N–H and O–H groups in total. The highest BCUT2D eigenvalue weighted by Crippen LogP contribution is 2.39. The third-order valence-corrected chi connectivity index (χ3v) is 8.11. The minimum Gasteiger partial charge on any atom is -0.495 e. The number of aromatic nitrogens is 1. The molecule has 0 bridgehead atoms. The Morgan fingerprint density at radius 1 is 1.19 bits per heavy atom. The Hall–Kier alpha value is -2.81. The van der Waals surface area contributed by atoms with Crippen LogP contribution in [0.4, 0.5) is 23.0 Å². The van der Waals surface area contributed by atoms with Crippen molar-refractivity contribution in [3.63, 3.8) is 0 Å². The number of carbonyl (C=O) groups is 1. The van der Waals surface area contributed by atoms with Crippen LogP contribution in [0, 0.1) is 0 Å². The van der Waals surface area contributed by atoms with E-state index >= 15 is 0 Å². The van der Waals surface area contributed by atoms with Crippen molar-refractivity contribution in [1.29, 1.82) is 0 Å². The SMILES string of the molecule is COc1ccc(S(=O)(=O)C2CC2)cc1Nc1ccc2c(n1)N(C(C)C)[C@H](C)C(=O)N2C. The van der Waals surface area contributed by atoms with Gasteiger partial charge in [-0.2, -0.15) is 0 Å². The molecule has 0 saturated heterocycles. The summed E-state index contributed by atoms with van der Waals surface area (Å²) in [6.45, 7) is 5.92. The molecule has 1 aromatic carbocycles. The molecule has 31 heavy (non-hydrogen) atoms. The lowest BCUT2D eigenvalue weighted by Crippen LogP contribution is -2.53. The third kappa shape index (κ3) is 3.71. The molecule has 0 unspecified atom stereocenters. The lowest BCUT2D eigenvalue weighted by Gasteiger charge is -2.41. The van der Waals surface area contributed by atoms with Crippen molar-refractivity contribution in [3.05, 3.63) is 30.3 Å². The van der Waals surface area contributed by atoms with Gasteiger partial charge in [0.2, 0.25) is 5.91 Å². The van der Waals surface area contributed by atoms with E-state index in [9.17, 15) is 13.2 Å². The summed E-state index contributed by atoms with van der Waals surface area (Å²) in [5, 5.41) is 2.93. The van der Waals surface area contributed by atoms with Crippen molar-refractivity contribution < 1.29 is 17.9 Å². The number of benzene rings is 1. The van der Waals surface area contributed by atoms with E-state index in [2.05, 4.69) is 5.32 Å². The smallest absolute Gasteiger partial charge is 0.249 e. The Kier molecular flexibility index (Phi) is 5.33. The van der Waals surface area contributed by atoms with E-state index in [4.69, 9.17) is 9.72 Å². The van der Waals surface area contributed by atoms with Crippen LogP contribution in [-0.4, -0.2) is 50.8 Å². The van der Waals surface area contributed by atoms with Crippen LogP contribution in [0.15, 0.2) is 35.2 Å². The largest absolute Gasteiger partial charge is 0.495 e. The molecule has 0 radical (unpaired) electrons. The monoisotopic (exact) mass is 444 g/mol. The predicted molar refractivity (Wildman–Crippen MR) is 121 cm³/mol. The van der Waals surface area contributed by atoms with E-state index in [-0.39, 0.29) is 28.1 Å². The van der Waals surface area contributed by atoms with Crippen LogP contribution in [-0.2, 0) is 14.6 Å². The van der Waals surface area contributed by atoms with Crippen molar-refractivity contribution in [1.82, 2.24) is 4.98 Å². The minimum atomic E-state index is -3.33. The number of sulfone groups is 1. The number of nitrogens with one attached hydrogen (secondary N) is 1. The Balaban J connectivity index is 1.73. The van der Waals surface area contributed by atoms with E-state index < -0.39 is 9.84 Å². The number of fused-ring (bicyclic) bond motifs is 1. The van der Waals surface area contributed by atoms with E-state index in [0.717, 1.165) is 5.69 Å². The lowest BCUT2D eigenvalue weighted by molar-refractivity contribution is -0.119. The molecule has 1 fully saturated rings. The third-order valence-electron chi connectivity index (χ3n) is 5.85. The molecular weight excluding hydrogens is 416 g/mol. The number of rotatable bonds is 6. The van der Waals surface area contributed by atoms with E-state index in [0.29, 0.717) is 35.9 Å². The number of hydrogen-bond acceptors (Lipinski definition) is 7.